The molecule has 0 saturated carbocycles. The molecule has 0 aliphatic carbocycles. The molecule has 3 aromatic rings. The third-order valence-electron chi connectivity index (χ3n) is 3.92. The van der Waals surface area contributed by atoms with Gasteiger partial charge in [0.15, 0.2) is 0 Å². The van der Waals surface area contributed by atoms with Gasteiger partial charge < -0.3 is 9.84 Å². The zero-order chi connectivity index (χ0) is 19.4. The average molecular weight is 394 g/mol. The SMILES string of the molecule is CC.COc1ccc2c(c1Cl)c(CC(=O)O)c(C)n2C(=O)c1ccsc1. The molecule has 1 N–H and O–H groups in total. The van der Waals surface area contributed by atoms with E-state index < -0.39 is 5.97 Å². The fraction of sp³-hybridized carbons (Fsp3) is 0.263. The molecule has 7 heteroatoms. The summed E-state index contributed by atoms with van der Waals surface area (Å²) in [7, 11) is 1.49. The lowest BCUT2D eigenvalue weighted by Gasteiger charge is -2.07. The van der Waals surface area contributed by atoms with E-state index in [1.54, 1.807) is 30.5 Å². The van der Waals surface area contributed by atoms with Gasteiger partial charge in [0.2, 0.25) is 0 Å². The number of fused-ring (bicyclic) bond motifs is 1. The molecule has 0 spiro atoms. The molecule has 26 heavy (non-hydrogen) atoms. The lowest BCUT2D eigenvalue weighted by atomic mass is 10.1. The van der Waals surface area contributed by atoms with E-state index in [0.717, 1.165) is 0 Å². The molecule has 2 aromatic heterocycles. The van der Waals surface area contributed by atoms with Gasteiger partial charge in [-0.05, 0) is 36.1 Å². The van der Waals surface area contributed by atoms with Crippen molar-refractivity contribution in [3.63, 3.8) is 0 Å². The Hall–Kier alpha value is -2.31. The highest BCUT2D eigenvalue weighted by molar-refractivity contribution is 7.08. The van der Waals surface area contributed by atoms with E-state index in [4.69, 9.17) is 16.3 Å². The lowest BCUT2D eigenvalue weighted by molar-refractivity contribution is -0.136. The maximum Gasteiger partial charge on any atom is 0.307 e. The molecule has 1 aromatic carbocycles. The third-order valence-corrected chi connectivity index (χ3v) is 4.98. The first-order valence-corrected chi connectivity index (χ1v) is 9.42. The van der Waals surface area contributed by atoms with Crippen molar-refractivity contribution in [1.82, 2.24) is 4.57 Å². The quantitative estimate of drug-likeness (QED) is 0.676. The molecule has 0 bridgehead atoms. The first-order chi connectivity index (χ1) is 12.5. The summed E-state index contributed by atoms with van der Waals surface area (Å²) in [6.45, 7) is 5.73. The van der Waals surface area contributed by atoms with Gasteiger partial charge in [0.25, 0.3) is 5.91 Å². The summed E-state index contributed by atoms with van der Waals surface area (Å²) >= 11 is 7.83. The number of ether oxygens (including phenoxy) is 1. The molecular formula is C19H20ClNO4S. The summed E-state index contributed by atoms with van der Waals surface area (Å²) in [5.41, 5.74) is 2.21. The Bertz CT molecular complexity index is 945. The molecule has 3 rings (SSSR count). The summed E-state index contributed by atoms with van der Waals surface area (Å²) in [4.78, 5) is 24.1. The van der Waals surface area contributed by atoms with Crippen molar-refractivity contribution in [3.05, 3.63) is 50.8 Å². The van der Waals surface area contributed by atoms with Crippen molar-refractivity contribution in [2.75, 3.05) is 7.11 Å². The molecule has 2 heterocycles. The van der Waals surface area contributed by atoms with E-state index in [0.29, 0.717) is 38.5 Å². The Morgan fingerprint density at radius 2 is 1.96 bits per heavy atom. The summed E-state index contributed by atoms with van der Waals surface area (Å²) in [6, 6.07) is 5.13. The van der Waals surface area contributed by atoms with Crippen molar-refractivity contribution in [2.45, 2.75) is 27.2 Å². The molecule has 0 amide bonds. The minimum atomic E-state index is -0.987. The van der Waals surface area contributed by atoms with E-state index >= 15 is 0 Å². The van der Waals surface area contributed by atoms with Crippen LogP contribution in [0.3, 0.4) is 0 Å². The molecule has 0 radical (unpaired) electrons. The first-order valence-electron chi connectivity index (χ1n) is 8.10. The summed E-state index contributed by atoms with van der Waals surface area (Å²) in [5.74, 6) is -0.758. The number of carboxylic acids is 1. The fourth-order valence-electron chi connectivity index (χ4n) is 2.82. The Morgan fingerprint density at radius 3 is 2.50 bits per heavy atom. The highest BCUT2D eigenvalue weighted by Gasteiger charge is 2.24. The minimum Gasteiger partial charge on any atom is -0.495 e. The van der Waals surface area contributed by atoms with Crippen LogP contribution in [-0.2, 0) is 11.2 Å². The average Bonchev–Trinajstić information content (AvgIpc) is 3.24. The van der Waals surface area contributed by atoms with Gasteiger partial charge in [0, 0.05) is 16.5 Å². The number of carboxylic acid groups (broad SMARTS) is 1. The molecule has 138 valence electrons. The van der Waals surface area contributed by atoms with Gasteiger partial charge in [-0.15, -0.1) is 0 Å². The topological polar surface area (TPSA) is 68.5 Å². The molecule has 0 saturated heterocycles. The van der Waals surface area contributed by atoms with Crippen LogP contribution in [0.1, 0.15) is 35.5 Å². The number of methoxy groups -OCH3 is 1. The number of aliphatic carboxylic acids is 1. The van der Waals surface area contributed by atoms with Crippen molar-refractivity contribution in [1.29, 1.82) is 0 Å². The van der Waals surface area contributed by atoms with Crippen LogP contribution in [0.5, 0.6) is 5.75 Å². The van der Waals surface area contributed by atoms with Gasteiger partial charge in [-0.1, -0.05) is 25.4 Å². The van der Waals surface area contributed by atoms with Crippen LogP contribution in [0, 0.1) is 6.92 Å². The number of rotatable bonds is 4. The Morgan fingerprint density at radius 1 is 1.27 bits per heavy atom. The molecule has 0 aliphatic rings. The van der Waals surface area contributed by atoms with Crippen LogP contribution in [0.4, 0.5) is 0 Å². The largest absolute Gasteiger partial charge is 0.495 e. The van der Waals surface area contributed by atoms with Gasteiger partial charge >= 0.3 is 5.97 Å². The van der Waals surface area contributed by atoms with Gasteiger partial charge in [-0.2, -0.15) is 11.3 Å². The maximum absolute atomic E-state index is 12.9. The van der Waals surface area contributed by atoms with Gasteiger partial charge in [-0.25, -0.2) is 0 Å². The molecular weight excluding hydrogens is 374 g/mol. The van der Waals surface area contributed by atoms with Crippen LogP contribution in [0.15, 0.2) is 29.0 Å². The van der Waals surface area contributed by atoms with Gasteiger partial charge in [0.1, 0.15) is 5.75 Å². The number of halogens is 1. The number of hydrogen-bond donors (Lipinski definition) is 1. The van der Waals surface area contributed by atoms with Crippen molar-refractivity contribution >= 4 is 45.7 Å². The van der Waals surface area contributed by atoms with Crippen LogP contribution in [0.2, 0.25) is 5.02 Å². The highest BCUT2D eigenvalue weighted by atomic mass is 35.5. The lowest BCUT2D eigenvalue weighted by Crippen LogP contribution is -2.13. The number of benzene rings is 1. The van der Waals surface area contributed by atoms with E-state index in [1.807, 2.05) is 19.2 Å². The van der Waals surface area contributed by atoms with Gasteiger partial charge in [-0.3, -0.25) is 14.2 Å². The zero-order valence-electron chi connectivity index (χ0n) is 15.0. The zero-order valence-corrected chi connectivity index (χ0v) is 16.6. The van der Waals surface area contributed by atoms with Crippen LogP contribution >= 0.6 is 22.9 Å². The minimum absolute atomic E-state index is 0.211. The monoisotopic (exact) mass is 393 g/mol. The summed E-state index contributed by atoms with van der Waals surface area (Å²) in [6.07, 6.45) is -0.223. The normalized spacial score (nSPS) is 10.3. The second-order valence-electron chi connectivity index (χ2n) is 5.26. The number of nitrogens with zero attached hydrogens (tertiary/aromatic N) is 1. The second kappa shape index (κ2) is 8.38. The highest BCUT2D eigenvalue weighted by Crippen LogP contribution is 2.38. The van der Waals surface area contributed by atoms with Gasteiger partial charge in [0.05, 0.1) is 29.6 Å². The standard InChI is InChI=1S/C17H14ClNO4S.C2H6/c1-9-11(7-14(20)21)15-12(3-4-13(23-2)16(15)18)19(9)17(22)10-5-6-24-8-10;1-2/h3-6,8H,7H2,1-2H3,(H,20,21);1-2H3. The molecule has 0 atom stereocenters. The van der Waals surface area contributed by atoms with E-state index in [1.165, 1.54) is 23.0 Å². The van der Waals surface area contributed by atoms with E-state index in [9.17, 15) is 14.7 Å². The Balaban J connectivity index is 0.00000117. The Labute approximate surface area is 160 Å². The number of aromatic nitrogens is 1. The van der Waals surface area contributed by atoms with E-state index in [2.05, 4.69) is 0 Å². The molecule has 0 fully saturated rings. The Kier molecular flexibility index (Phi) is 6.45. The van der Waals surface area contributed by atoms with Crippen LogP contribution in [0.25, 0.3) is 10.9 Å². The number of carbonyl (C=O) groups is 2. The maximum atomic E-state index is 12.9. The third kappa shape index (κ3) is 3.48. The molecule has 0 unspecified atom stereocenters. The second-order valence-corrected chi connectivity index (χ2v) is 6.42. The van der Waals surface area contributed by atoms with Crippen LogP contribution < -0.4 is 4.74 Å². The molecule has 5 nitrogen and oxygen atoms in total. The van der Waals surface area contributed by atoms with Crippen molar-refractivity contribution < 1.29 is 19.4 Å². The predicted molar refractivity (Wildman–Crippen MR) is 105 cm³/mol. The summed E-state index contributed by atoms with van der Waals surface area (Å²) in [5, 5.41) is 13.7. The predicted octanol–water partition coefficient (Wildman–Crippen LogP) is 5.02. The smallest absolute Gasteiger partial charge is 0.307 e. The number of carbonyl (C=O) groups excluding carboxylic acids is 1. The van der Waals surface area contributed by atoms with Crippen molar-refractivity contribution in [2.24, 2.45) is 0 Å². The molecule has 0 aliphatic heterocycles. The fourth-order valence-corrected chi connectivity index (χ4v) is 3.80. The number of thiophene rings is 1. The van der Waals surface area contributed by atoms with E-state index in [-0.39, 0.29) is 12.3 Å². The first kappa shape index (κ1) is 20.0. The van der Waals surface area contributed by atoms with Crippen molar-refractivity contribution in [3.8, 4) is 5.75 Å². The summed E-state index contributed by atoms with van der Waals surface area (Å²) < 4.78 is 6.74. The van der Waals surface area contributed by atoms with Crippen LogP contribution in [-0.4, -0.2) is 28.7 Å². The number of hydrogen-bond acceptors (Lipinski definition) is 4.